The molecule has 3 heteroatoms. The zero-order valence-electron chi connectivity index (χ0n) is 23.9. The molecule has 6 unspecified atom stereocenters. The number of thioether (sulfide) groups is 1. The van der Waals surface area contributed by atoms with E-state index in [4.69, 9.17) is 9.98 Å². The summed E-state index contributed by atoms with van der Waals surface area (Å²) in [5.41, 5.74) is 12.6. The van der Waals surface area contributed by atoms with Crippen LogP contribution in [0.5, 0.6) is 0 Å². The van der Waals surface area contributed by atoms with Gasteiger partial charge in [0.25, 0.3) is 0 Å². The lowest BCUT2D eigenvalue weighted by molar-refractivity contribution is 0.433. The molecule has 2 nitrogen and oxygen atoms in total. The largest absolute Gasteiger partial charge is 0.281 e. The Labute approximate surface area is 257 Å². The van der Waals surface area contributed by atoms with Crippen LogP contribution in [0.1, 0.15) is 35.6 Å². The van der Waals surface area contributed by atoms with Crippen LogP contribution in [0, 0.1) is 17.8 Å². The maximum Gasteiger partial charge on any atom is 0.102 e. The van der Waals surface area contributed by atoms with Crippen molar-refractivity contribution in [2.75, 3.05) is 0 Å². The Kier molecular flexibility index (Phi) is 6.01. The summed E-state index contributed by atoms with van der Waals surface area (Å²) in [7, 11) is 0. The lowest BCUT2D eigenvalue weighted by atomic mass is 9.67. The second kappa shape index (κ2) is 10.2. The fraction of sp³-hybridized carbons (Fsp3) is 0.200. The number of rotatable bonds is 3. The van der Waals surface area contributed by atoms with Gasteiger partial charge < -0.3 is 0 Å². The molecule has 208 valence electrons. The first-order valence-electron chi connectivity index (χ1n) is 15.5. The van der Waals surface area contributed by atoms with E-state index in [9.17, 15) is 0 Å². The lowest BCUT2D eigenvalue weighted by Crippen LogP contribution is -2.31. The van der Waals surface area contributed by atoms with Gasteiger partial charge in [-0.3, -0.25) is 9.98 Å². The molecule has 0 aromatic heterocycles. The van der Waals surface area contributed by atoms with Crippen LogP contribution >= 0.6 is 11.8 Å². The van der Waals surface area contributed by atoms with Crippen molar-refractivity contribution in [2.24, 2.45) is 27.7 Å². The molecular formula is C40H32N2S. The molecule has 0 spiro atoms. The third kappa shape index (κ3) is 4.02. The van der Waals surface area contributed by atoms with Gasteiger partial charge in [0.2, 0.25) is 0 Å². The van der Waals surface area contributed by atoms with E-state index < -0.39 is 0 Å². The molecule has 0 radical (unpaired) electrons. The first-order valence-corrected chi connectivity index (χ1v) is 16.4. The molecule has 6 aliphatic rings. The summed E-state index contributed by atoms with van der Waals surface area (Å²) in [6, 6.07) is 26.8. The average Bonchev–Trinajstić information content (AvgIpc) is 3.48. The molecule has 0 saturated heterocycles. The summed E-state index contributed by atoms with van der Waals surface area (Å²) < 4.78 is 0. The molecular weight excluding hydrogens is 541 g/mol. The van der Waals surface area contributed by atoms with E-state index in [0.717, 1.165) is 12.8 Å². The number of aliphatic imine (C=N–C) groups is 2. The molecule has 0 fully saturated rings. The normalized spacial score (nSPS) is 29.3. The van der Waals surface area contributed by atoms with Crippen LogP contribution in [0.4, 0.5) is 0 Å². The SMILES string of the molecule is C1=CCC(C2C=CC=C3c4cccc(-c5ccccc5)c4SC32)C(C2C=CC3=C(C2)c2ccccc2C2N=CC=NC32)=C1. The molecule has 6 atom stereocenters. The quantitative estimate of drug-likeness (QED) is 0.307. The number of hydrogen-bond acceptors (Lipinski definition) is 3. The Morgan fingerprint density at radius 2 is 1.53 bits per heavy atom. The van der Waals surface area contributed by atoms with Gasteiger partial charge in [-0.15, -0.1) is 11.8 Å². The minimum absolute atomic E-state index is 0.0873. The summed E-state index contributed by atoms with van der Waals surface area (Å²) in [5, 5.41) is 0.428. The number of benzene rings is 3. The average molecular weight is 573 g/mol. The number of fused-ring (bicyclic) bond motifs is 8. The molecule has 0 N–H and O–H groups in total. The van der Waals surface area contributed by atoms with Crippen molar-refractivity contribution in [3.63, 3.8) is 0 Å². The van der Waals surface area contributed by atoms with E-state index in [1.807, 2.05) is 12.4 Å². The van der Waals surface area contributed by atoms with Gasteiger partial charge in [-0.25, -0.2) is 0 Å². The van der Waals surface area contributed by atoms with Gasteiger partial charge >= 0.3 is 0 Å². The van der Waals surface area contributed by atoms with E-state index in [0.29, 0.717) is 23.0 Å². The van der Waals surface area contributed by atoms with Crippen LogP contribution in [0.2, 0.25) is 0 Å². The van der Waals surface area contributed by atoms with Gasteiger partial charge in [0.15, 0.2) is 0 Å². The molecule has 3 aromatic carbocycles. The van der Waals surface area contributed by atoms with E-state index in [2.05, 4.69) is 133 Å². The van der Waals surface area contributed by atoms with E-state index >= 15 is 0 Å². The molecule has 43 heavy (non-hydrogen) atoms. The Morgan fingerprint density at radius 1 is 0.721 bits per heavy atom. The highest BCUT2D eigenvalue weighted by atomic mass is 32.2. The third-order valence-electron chi connectivity index (χ3n) is 10.1. The Morgan fingerprint density at radius 3 is 2.47 bits per heavy atom. The zero-order chi connectivity index (χ0) is 28.3. The van der Waals surface area contributed by atoms with Crippen molar-refractivity contribution in [3.8, 4) is 11.1 Å². The Balaban J connectivity index is 1.05. The lowest BCUT2D eigenvalue weighted by Gasteiger charge is -2.40. The maximum absolute atomic E-state index is 4.92. The highest BCUT2D eigenvalue weighted by Gasteiger charge is 2.42. The van der Waals surface area contributed by atoms with Gasteiger partial charge in [0, 0.05) is 34.4 Å². The van der Waals surface area contributed by atoms with Gasteiger partial charge in [0.1, 0.15) is 12.1 Å². The monoisotopic (exact) mass is 572 g/mol. The van der Waals surface area contributed by atoms with E-state index in [1.165, 1.54) is 49.4 Å². The first kappa shape index (κ1) is 25.3. The van der Waals surface area contributed by atoms with Crippen LogP contribution in [0.15, 0.2) is 147 Å². The molecule has 2 heterocycles. The minimum atomic E-state index is 0.0873. The van der Waals surface area contributed by atoms with Gasteiger partial charge in [-0.2, -0.15) is 0 Å². The van der Waals surface area contributed by atoms with Crippen LogP contribution in [-0.2, 0) is 0 Å². The van der Waals surface area contributed by atoms with Crippen LogP contribution in [0.25, 0.3) is 22.3 Å². The van der Waals surface area contributed by atoms with Crippen molar-refractivity contribution < 1.29 is 0 Å². The second-order valence-electron chi connectivity index (χ2n) is 12.3. The molecule has 2 aliphatic heterocycles. The first-order chi connectivity index (χ1) is 21.3. The number of hydrogen-bond donors (Lipinski definition) is 0. The van der Waals surface area contributed by atoms with E-state index in [1.54, 1.807) is 5.57 Å². The third-order valence-corrected chi connectivity index (χ3v) is 11.6. The van der Waals surface area contributed by atoms with Crippen LogP contribution < -0.4 is 0 Å². The van der Waals surface area contributed by atoms with Crippen molar-refractivity contribution in [2.45, 2.75) is 35.1 Å². The fourth-order valence-electron chi connectivity index (χ4n) is 8.18. The van der Waals surface area contributed by atoms with Crippen LogP contribution in [0.3, 0.4) is 0 Å². The molecule has 9 rings (SSSR count). The maximum atomic E-state index is 4.92. The standard InChI is InChI=1S/C40H32N2S/c1-2-10-25(11-3-1)28-16-8-18-34-35-19-9-17-33(40(35)43-39(28)34)29-13-5-4-12-27(29)26-20-21-32-36(24-26)30-14-6-7-15-31(30)37-38(32)42-23-22-41-37/h1-12,14-23,26,29,33,37-38,40H,13,24H2. The molecule has 0 saturated carbocycles. The van der Waals surface area contributed by atoms with Crippen molar-refractivity contribution in [3.05, 3.63) is 149 Å². The highest BCUT2D eigenvalue weighted by Crippen LogP contribution is 2.57. The smallest absolute Gasteiger partial charge is 0.102 e. The van der Waals surface area contributed by atoms with Gasteiger partial charge in [-0.1, -0.05) is 127 Å². The zero-order valence-corrected chi connectivity index (χ0v) is 24.7. The van der Waals surface area contributed by atoms with Crippen LogP contribution in [-0.4, -0.2) is 23.7 Å². The second-order valence-corrected chi connectivity index (χ2v) is 13.4. The number of allylic oxidation sites excluding steroid dienone is 9. The van der Waals surface area contributed by atoms with Crippen molar-refractivity contribution in [1.29, 1.82) is 0 Å². The van der Waals surface area contributed by atoms with Gasteiger partial charge in [0.05, 0.1) is 0 Å². The van der Waals surface area contributed by atoms with Gasteiger partial charge in [-0.05, 0) is 63.3 Å². The minimum Gasteiger partial charge on any atom is -0.281 e. The Hall–Kier alpha value is -4.21. The highest BCUT2D eigenvalue weighted by molar-refractivity contribution is 8.01. The predicted octanol–water partition coefficient (Wildman–Crippen LogP) is 9.51. The van der Waals surface area contributed by atoms with E-state index in [-0.39, 0.29) is 12.1 Å². The fourth-order valence-corrected chi connectivity index (χ4v) is 9.83. The molecule has 0 amide bonds. The molecule has 0 bridgehead atoms. The molecule has 3 aromatic rings. The summed E-state index contributed by atoms with van der Waals surface area (Å²) in [6.07, 6.45) is 25.0. The Bertz CT molecular complexity index is 1880. The summed E-state index contributed by atoms with van der Waals surface area (Å²) in [4.78, 5) is 11.2. The van der Waals surface area contributed by atoms with Crippen molar-refractivity contribution in [1.82, 2.24) is 0 Å². The summed E-state index contributed by atoms with van der Waals surface area (Å²) in [5.74, 6) is 1.30. The summed E-state index contributed by atoms with van der Waals surface area (Å²) >= 11 is 2.09. The summed E-state index contributed by atoms with van der Waals surface area (Å²) in [6.45, 7) is 0. The molecule has 4 aliphatic carbocycles. The predicted molar refractivity (Wildman–Crippen MR) is 182 cm³/mol. The van der Waals surface area contributed by atoms with Crippen molar-refractivity contribution >= 4 is 35.3 Å². The number of nitrogens with zero attached hydrogens (tertiary/aromatic N) is 2. The topological polar surface area (TPSA) is 24.7 Å².